The van der Waals surface area contributed by atoms with Gasteiger partial charge in [-0.2, -0.15) is 4.31 Å². The van der Waals surface area contributed by atoms with Gasteiger partial charge in [0.2, 0.25) is 10.0 Å². The number of nitrogens with zero attached hydrogens (tertiary/aromatic N) is 1. The molecule has 0 aliphatic heterocycles. The maximum absolute atomic E-state index is 12.2. The molecule has 1 saturated carbocycles. The molecule has 1 aliphatic carbocycles. The predicted octanol–water partition coefficient (Wildman–Crippen LogP) is 0.928. The minimum Gasteiger partial charge on any atom is -0.329 e. The van der Waals surface area contributed by atoms with Crippen molar-refractivity contribution in [2.75, 3.05) is 13.6 Å². The molecule has 0 aromatic rings. The molecule has 1 aliphatic rings. The highest BCUT2D eigenvalue weighted by atomic mass is 32.2. The first-order chi connectivity index (χ1) is 6.82. The second-order valence-corrected chi connectivity index (χ2v) is 7.18. The zero-order valence-electron chi connectivity index (χ0n) is 9.86. The molecule has 0 bridgehead atoms. The van der Waals surface area contributed by atoms with E-state index in [2.05, 4.69) is 0 Å². The van der Waals surface area contributed by atoms with Gasteiger partial charge in [0, 0.05) is 19.1 Å². The summed E-state index contributed by atoms with van der Waals surface area (Å²) in [4.78, 5) is 0. The summed E-state index contributed by atoms with van der Waals surface area (Å²) in [6.45, 7) is 4.06. The fourth-order valence-electron chi connectivity index (χ4n) is 1.88. The van der Waals surface area contributed by atoms with Crippen LogP contribution in [0.25, 0.3) is 0 Å². The van der Waals surface area contributed by atoms with Gasteiger partial charge in [-0.05, 0) is 26.7 Å². The number of hydrogen-bond acceptors (Lipinski definition) is 3. The van der Waals surface area contributed by atoms with Crippen molar-refractivity contribution in [2.45, 2.75) is 50.3 Å². The molecule has 1 fully saturated rings. The molecule has 2 N–H and O–H groups in total. The van der Waals surface area contributed by atoms with Crippen LogP contribution in [0.5, 0.6) is 0 Å². The third-order valence-corrected chi connectivity index (χ3v) is 6.03. The van der Waals surface area contributed by atoms with Crippen LogP contribution in [-0.4, -0.2) is 37.1 Å². The third kappa shape index (κ3) is 2.52. The van der Waals surface area contributed by atoms with Crippen molar-refractivity contribution in [3.63, 3.8) is 0 Å². The monoisotopic (exact) mass is 234 g/mol. The number of rotatable bonds is 4. The second kappa shape index (κ2) is 4.39. The van der Waals surface area contributed by atoms with Gasteiger partial charge >= 0.3 is 0 Å². The smallest absolute Gasteiger partial charge is 0.217 e. The quantitative estimate of drug-likeness (QED) is 0.787. The van der Waals surface area contributed by atoms with Crippen LogP contribution in [0.15, 0.2) is 0 Å². The summed E-state index contributed by atoms with van der Waals surface area (Å²) in [6, 6.07) is 0. The first-order valence-electron chi connectivity index (χ1n) is 5.50. The molecule has 0 aromatic carbocycles. The lowest BCUT2D eigenvalue weighted by Gasteiger charge is -2.35. The van der Waals surface area contributed by atoms with Crippen LogP contribution in [-0.2, 0) is 10.0 Å². The maximum atomic E-state index is 12.2. The summed E-state index contributed by atoms with van der Waals surface area (Å²) < 4.78 is 25.9. The van der Waals surface area contributed by atoms with Crippen LogP contribution in [0, 0.1) is 0 Å². The molecule has 5 heteroatoms. The van der Waals surface area contributed by atoms with E-state index >= 15 is 0 Å². The Hall–Kier alpha value is -0.130. The van der Waals surface area contributed by atoms with Gasteiger partial charge in [0.15, 0.2) is 0 Å². The van der Waals surface area contributed by atoms with Crippen molar-refractivity contribution in [3.05, 3.63) is 0 Å². The molecular formula is C10H22N2O2S. The fourth-order valence-corrected chi connectivity index (χ4v) is 4.02. The van der Waals surface area contributed by atoms with E-state index in [4.69, 9.17) is 5.73 Å². The van der Waals surface area contributed by atoms with E-state index in [9.17, 15) is 8.42 Å². The van der Waals surface area contributed by atoms with Gasteiger partial charge in [0.05, 0.1) is 5.25 Å². The summed E-state index contributed by atoms with van der Waals surface area (Å²) in [5.41, 5.74) is 5.11. The molecule has 0 heterocycles. The molecule has 0 radical (unpaired) electrons. The van der Waals surface area contributed by atoms with Crippen LogP contribution in [0.3, 0.4) is 0 Å². The van der Waals surface area contributed by atoms with E-state index in [0.717, 1.165) is 25.7 Å². The number of nitrogens with two attached hydrogens (primary N) is 1. The Bertz CT molecular complexity index is 305. The SMILES string of the molecule is CN(C(C)(C)CN)S(=O)(=O)C1CCCC1. The minimum atomic E-state index is -3.16. The van der Waals surface area contributed by atoms with Gasteiger partial charge in [-0.1, -0.05) is 12.8 Å². The van der Waals surface area contributed by atoms with Crippen molar-refractivity contribution in [1.82, 2.24) is 4.31 Å². The molecule has 0 unspecified atom stereocenters. The van der Waals surface area contributed by atoms with Crippen molar-refractivity contribution < 1.29 is 8.42 Å². The highest BCUT2D eigenvalue weighted by Crippen LogP contribution is 2.29. The Labute approximate surface area is 92.9 Å². The molecule has 0 spiro atoms. The van der Waals surface area contributed by atoms with Crippen LogP contribution in [0.2, 0.25) is 0 Å². The zero-order chi connectivity index (χ0) is 11.7. The van der Waals surface area contributed by atoms with E-state index in [1.54, 1.807) is 7.05 Å². The number of hydrogen-bond donors (Lipinski definition) is 1. The van der Waals surface area contributed by atoms with Gasteiger partial charge in [0.25, 0.3) is 0 Å². The normalized spacial score (nSPS) is 20.1. The van der Waals surface area contributed by atoms with Gasteiger partial charge < -0.3 is 5.73 Å². The van der Waals surface area contributed by atoms with E-state index in [1.807, 2.05) is 13.8 Å². The summed E-state index contributed by atoms with van der Waals surface area (Å²) in [7, 11) is -1.52. The average molecular weight is 234 g/mol. The Morgan fingerprint density at radius 1 is 1.33 bits per heavy atom. The summed E-state index contributed by atoms with van der Waals surface area (Å²) in [5, 5.41) is -0.187. The lowest BCUT2D eigenvalue weighted by atomic mass is 10.1. The van der Waals surface area contributed by atoms with Gasteiger partial charge in [-0.15, -0.1) is 0 Å². The van der Waals surface area contributed by atoms with E-state index < -0.39 is 15.6 Å². The van der Waals surface area contributed by atoms with Crippen molar-refractivity contribution in [1.29, 1.82) is 0 Å². The highest BCUT2D eigenvalue weighted by molar-refractivity contribution is 7.89. The Morgan fingerprint density at radius 3 is 2.20 bits per heavy atom. The van der Waals surface area contributed by atoms with Gasteiger partial charge in [-0.25, -0.2) is 8.42 Å². The highest BCUT2D eigenvalue weighted by Gasteiger charge is 2.38. The molecule has 4 nitrogen and oxygen atoms in total. The largest absolute Gasteiger partial charge is 0.329 e. The Kier molecular flexibility index (Phi) is 3.79. The van der Waals surface area contributed by atoms with Crippen LogP contribution >= 0.6 is 0 Å². The average Bonchev–Trinajstić information content (AvgIpc) is 2.69. The molecule has 0 aromatic heterocycles. The second-order valence-electron chi connectivity index (χ2n) is 4.94. The van der Waals surface area contributed by atoms with E-state index in [-0.39, 0.29) is 5.25 Å². The van der Waals surface area contributed by atoms with Crippen molar-refractivity contribution in [2.24, 2.45) is 5.73 Å². The van der Waals surface area contributed by atoms with Crippen LogP contribution < -0.4 is 5.73 Å². The standard InChI is InChI=1S/C10H22N2O2S/c1-10(2,8-11)12(3)15(13,14)9-6-4-5-7-9/h9H,4-8,11H2,1-3H3. The molecular weight excluding hydrogens is 212 g/mol. The van der Waals surface area contributed by atoms with Gasteiger partial charge in [0.1, 0.15) is 0 Å². The summed E-state index contributed by atoms with van der Waals surface area (Å²) in [5.74, 6) is 0. The molecule has 0 saturated heterocycles. The predicted molar refractivity (Wildman–Crippen MR) is 62.1 cm³/mol. The lowest BCUT2D eigenvalue weighted by Crippen LogP contribution is -2.52. The van der Waals surface area contributed by atoms with E-state index in [1.165, 1.54) is 4.31 Å². The summed E-state index contributed by atoms with van der Waals surface area (Å²) >= 11 is 0. The Morgan fingerprint density at radius 2 is 1.80 bits per heavy atom. The van der Waals surface area contributed by atoms with Crippen LogP contribution in [0.1, 0.15) is 39.5 Å². The first-order valence-corrected chi connectivity index (χ1v) is 7.00. The number of likely N-dealkylation sites (N-methyl/N-ethyl adjacent to an activating group) is 1. The van der Waals surface area contributed by atoms with Gasteiger partial charge in [-0.3, -0.25) is 0 Å². The lowest BCUT2D eigenvalue weighted by molar-refractivity contribution is 0.271. The third-order valence-electron chi connectivity index (χ3n) is 3.46. The topological polar surface area (TPSA) is 63.4 Å². The molecule has 0 atom stereocenters. The Balaban J connectivity index is 2.85. The van der Waals surface area contributed by atoms with Crippen molar-refractivity contribution >= 4 is 10.0 Å². The molecule has 1 rings (SSSR count). The van der Waals surface area contributed by atoms with Crippen molar-refractivity contribution in [3.8, 4) is 0 Å². The number of sulfonamides is 1. The summed E-state index contributed by atoms with van der Waals surface area (Å²) in [6.07, 6.45) is 3.65. The van der Waals surface area contributed by atoms with Crippen LogP contribution in [0.4, 0.5) is 0 Å². The molecule has 90 valence electrons. The first kappa shape index (κ1) is 12.9. The maximum Gasteiger partial charge on any atom is 0.217 e. The molecule has 0 amide bonds. The zero-order valence-corrected chi connectivity index (χ0v) is 10.7. The molecule has 15 heavy (non-hydrogen) atoms. The minimum absolute atomic E-state index is 0.187. The fraction of sp³-hybridized carbons (Fsp3) is 1.00. The van der Waals surface area contributed by atoms with E-state index in [0.29, 0.717) is 6.54 Å².